The number of anilines is 1. The number of hydrogen-bond donors (Lipinski definition) is 2. The van der Waals surface area contributed by atoms with Gasteiger partial charge in [0.05, 0.1) is 25.5 Å². The van der Waals surface area contributed by atoms with E-state index in [4.69, 9.17) is 4.74 Å². The minimum atomic E-state index is -0.315. The summed E-state index contributed by atoms with van der Waals surface area (Å²) in [5, 5.41) is 6.47. The highest BCUT2D eigenvalue weighted by molar-refractivity contribution is 9.10. The lowest BCUT2D eigenvalue weighted by Gasteiger charge is -2.26. The Morgan fingerprint density at radius 3 is 2.77 bits per heavy atom. The third-order valence-electron chi connectivity index (χ3n) is 5.06. The van der Waals surface area contributed by atoms with Crippen molar-refractivity contribution >= 4 is 44.5 Å². The largest absolute Gasteiger partial charge is 0.379 e. The van der Waals surface area contributed by atoms with Gasteiger partial charge in [-0.3, -0.25) is 14.5 Å². The van der Waals surface area contributed by atoms with Crippen molar-refractivity contribution in [2.45, 2.75) is 13.1 Å². The molecule has 0 unspecified atom stereocenters. The lowest BCUT2D eigenvalue weighted by Crippen LogP contribution is -2.36. The zero-order chi connectivity index (χ0) is 21.6. The van der Waals surface area contributed by atoms with E-state index in [1.54, 1.807) is 6.07 Å². The van der Waals surface area contributed by atoms with E-state index in [1.165, 1.54) is 0 Å². The summed E-state index contributed by atoms with van der Waals surface area (Å²) in [6, 6.07) is 13.4. The maximum Gasteiger partial charge on any atom is 0.244 e. The van der Waals surface area contributed by atoms with Crippen LogP contribution >= 0.6 is 15.9 Å². The fourth-order valence-electron chi connectivity index (χ4n) is 3.50. The van der Waals surface area contributed by atoms with E-state index in [-0.39, 0.29) is 24.9 Å². The molecule has 0 atom stereocenters. The molecule has 1 aliphatic heterocycles. The number of ether oxygens (including phenoxy) is 1. The number of carbonyl (C=O) groups is 2. The van der Waals surface area contributed by atoms with Crippen LogP contribution in [0.15, 0.2) is 53.1 Å². The van der Waals surface area contributed by atoms with E-state index in [0.29, 0.717) is 12.4 Å². The molecule has 0 radical (unpaired) electrons. The van der Waals surface area contributed by atoms with Crippen LogP contribution in [0.25, 0.3) is 10.9 Å². The molecule has 0 spiro atoms. The summed E-state index contributed by atoms with van der Waals surface area (Å²) in [6.45, 7) is 3.94. The molecule has 0 saturated carbocycles. The van der Waals surface area contributed by atoms with Crippen molar-refractivity contribution < 1.29 is 14.3 Å². The minimum Gasteiger partial charge on any atom is -0.379 e. The number of morpholine rings is 1. The Labute approximate surface area is 188 Å². The minimum absolute atomic E-state index is 0.114. The van der Waals surface area contributed by atoms with E-state index in [9.17, 15) is 9.59 Å². The van der Waals surface area contributed by atoms with Gasteiger partial charge in [-0.25, -0.2) is 4.98 Å². The maximum atomic E-state index is 12.3. The van der Waals surface area contributed by atoms with Crippen LogP contribution in [-0.2, 0) is 27.4 Å². The molecular formula is C22H24BrN5O3. The number of rotatable bonds is 7. The number of halogens is 1. The van der Waals surface area contributed by atoms with Gasteiger partial charge in [0, 0.05) is 35.8 Å². The van der Waals surface area contributed by atoms with Gasteiger partial charge < -0.3 is 19.9 Å². The Morgan fingerprint density at radius 2 is 1.94 bits per heavy atom. The van der Waals surface area contributed by atoms with E-state index >= 15 is 0 Å². The Bertz CT molecular complexity index is 1080. The molecule has 3 heterocycles. The van der Waals surface area contributed by atoms with Crippen molar-refractivity contribution in [3.05, 3.63) is 58.8 Å². The fourth-order valence-corrected chi connectivity index (χ4v) is 3.85. The second kappa shape index (κ2) is 10.0. The molecular weight excluding hydrogens is 462 g/mol. The predicted molar refractivity (Wildman–Crippen MR) is 122 cm³/mol. The van der Waals surface area contributed by atoms with E-state index in [1.807, 2.05) is 47.2 Å². The first-order valence-corrected chi connectivity index (χ1v) is 10.9. The summed E-state index contributed by atoms with van der Waals surface area (Å²) in [6.07, 6.45) is 1.86. The molecule has 0 aliphatic carbocycles. The molecule has 2 N–H and O–H groups in total. The number of fused-ring (bicyclic) bond motifs is 1. The number of nitrogens with one attached hydrogen (secondary N) is 2. The fraction of sp³-hybridized carbons (Fsp3) is 0.318. The lowest BCUT2D eigenvalue weighted by atomic mass is 10.2. The Balaban J connectivity index is 1.27. The summed E-state index contributed by atoms with van der Waals surface area (Å²) in [5.41, 5.74) is 1.84. The molecule has 162 valence electrons. The van der Waals surface area contributed by atoms with Crippen molar-refractivity contribution in [1.29, 1.82) is 0 Å². The quantitative estimate of drug-likeness (QED) is 0.536. The second-order valence-corrected chi connectivity index (χ2v) is 8.29. The summed E-state index contributed by atoms with van der Waals surface area (Å²) in [4.78, 5) is 31.4. The Hall–Kier alpha value is -2.75. The van der Waals surface area contributed by atoms with E-state index < -0.39 is 0 Å². The van der Waals surface area contributed by atoms with Crippen LogP contribution in [0.3, 0.4) is 0 Å². The summed E-state index contributed by atoms with van der Waals surface area (Å²) in [5.74, 6) is -0.0719. The molecule has 1 aromatic carbocycles. The first kappa shape index (κ1) is 21.5. The normalized spacial score (nSPS) is 14.5. The van der Waals surface area contributed by atoms with Crippen molar-refractivity contribution in [1.82, 2.24) is 19.8 Å². The smallest absolute Gasteiger partial charge is 0.244 e. The van der Waals surface area contributed by atoms with Gasteiger partial charge in [-0.15, -0.1) is 0 Å². The number of carbonyl (C=O) groups excluding carboxylic acids is 2. The molecule has 2 amide bonds. The molecule has 1 fully saturated rings. The lowest BCUT2D eigenvalue weighted by molar-refractivity contribution is -0.124. The van der Waals surface area contributed by atoms with Crippen molar-refractivity contribution in [2.24, 2.45) is 0 Å². The Kier molecular flexibility index (Phi) is 6.96. The summed E-state index contributed by atoms with van der Waals surface area (Å²) >= 11 is 3.45. The first-order chi connectivity index (χ1) is 15.1. The van der Waals surface area contributed by atoms with Gasteiger partial charge >= 0.3 is 0 Å². The standard InChI is InChI=1S/C22H24BrN5O3/c23-17-5-4-16-6-7-28(19(16)12-17)15-22(30)24-13-21(29)26-20-3-1-2-18(25-20)14-27-8-10-31-11-9-27/h1-7,12H,8-11,13-15H2,(H,24,30)(H,25,26,29). The van der Waals surface area contributed by atoms with Gasteiger partial charge in [-0.2, -0.15) is 0 Å². The van der Waals surface area contributed by atoms with Gasteiger partial charge in [-0.05, 0) is 35.7 Å². The monoisotopic (exact) mass is 485 g/mol. The number of benzene rings is 1. The zero-order valence-electron chi connectivity index (χ0n) is 17.0. The molecule has 4 rings (SSSR count). The van der Waals surface area contributed by atoms with E-state index in [2.05, 4.69) is 36.4 Å². The van der Waals surface area contributed by atoms with Crippen LogP contribution in [0.1, 0.15) is 5.69 Å². The number of pyridine rings is 1. The van der Waals surface area contributed by atoms with Gasteiger partial charge in [0.2, 0.25) is 11.8 Å². The van der Waals surface area contributed by atoms with Crippen LogP contribution < -0.4 is 10.6 Å². The SMILES string of the molecule is O=C(Cn1ccc2ccc(Br)cc21)NCC(=O)Nc1cccc(CN2CCOCC2)n1. The number of hydrogen-bond acceptors (Lipinski definition) is 5. The predicted octanol–water partition coefficient (Wildman–Crippen LogP) is 2.39. The first-order valence-electron chi connectivity index (χ1n) is 10.1. The average Bonchev–Trinajstić information content (AvgIpc) is 3.15. The molecule has 1 aliphatic rings. The van der Waals surface area contributed by atoms with Crippen LogP contribution in [0.2, 0.25) is 0 Å². The molecule has 2 aromatic heterocycles. The van der Waals surface area contributed by atoms with Crippen LogP contribution in [-0.4, -0.2) is 59.1 Å². The molecule has 31 heavy (non-hydrogen) atoms. The third kappa shape index (κ3) is 5.90. The molecule has 9 heteroatoms. The van der Waals surface area contributed by atoms with Gasteiger partial charge in [0.15, 0.2) is 0 Å². The van der Waals surface area contributed by atoms with Crippen molar-refractivity contribution in [3.8, 4) is 0 Å². The molecule has 3 aromatic rings. The highest BCUT2D eigenvalue weighted by Crippen LogP contribution is 2.20. The molecule has 0 bridgehead atoms. The molecule has 8 nitrogen and oxygen atoms in total. The summed E-state index contributed by atoms with van der Waals surface area (Å²) < 4.78 is 8.16. The average molecular weight is 486 g/mol. The van der Waals surface area contributed by atoms with Crippen LogP contribution in [0, 0.1) is 0 Å². The Morgan fingerprint density at radius 1 is 1.10 bits per heavy atom. The van der Waals surface area contributed by atoms with E-state index in [0.717, 1.165) is 47.4 Å². The van der Waals surface area contributed by atoms with Gasteiger partial charge in [0.1, 0.15) is 12.4 Å². The zero-order valence-corrected chi connectivity index (χ0v) is 18.6. The second-order valence-electron chi connectivity index (χ2n) is 7.37. The maximum absolute atomic E-state index is 12.3. The third-order valence-corrected chi connectivity index (χ3v) is 5.55. The number of aromatic nitrogens is 2. The van der Waals surface area contributed by atoms with Crippen LogP contribution in [0.4, 0.5) is 5.82 Å². The highest BCUT2D eigenvalue weighted by atomic mass is 79.9. The highest BCUT2D eigenvalue weighted by Gasteiger charge is 2.13. The van der Waals surface area contributed by atoms with Crippen molar-refractivity contribution in [3.63, 3.8) is 0 Å². The van der Waals surface area contributed by atoms with Crippen LogP contribution in [0.5, 0.6) is 0 Å². The molecule has 1 saturated heterocycles. The summed E-state index contributed by atoms with van der Waals surface area (Å²) in [7, 11) is 0. The van der Waals surface area contributed by atoms with Gasteiger partial charge in [0.25, 0.3) is 0 Å². The number of amides is 2. The van der Waals surface area contributed by atoms with Crippen molar-refractivity contribution in [2.75, 3.05) is 38.2 Å². The topological polar surface area (TPSA) is 88.5 Å². The van der Waals surface area contributed by atoms with Gasteiger partial charge in [-0.1, -0.05) is 28.1 Å². The number of nitrogens with zero attached hydrogens (tertiary/aromatic N) is 3.